The van der Waals surface area contributed by atoms with Crippen LogP contribution in [0.3, 0.4) is 0 Å². The van der Waals surface area contributed by atoms with Gasteiger partial charge in [-0.1, -0.05) is 26.2 Å². The largest absolute Gasteiger partial charge is 0.496 e. The van der Waals surface area contributed by atoms with Crippen molar-refractivity contribution < 1.29 is 27.5 Å². The Labute approximate surface area is 179 Å². The summed E-state index contributed by atoms with van der Waals surface area (Å²) >= 11 is 0. The van der Waals surface area contributed by atoms with Gasteiger partial charge in [-0.05, 0) is 44.4 Å². The molecule has 1 unspecified atom stereocenters. The molecule has 8 nitrogen and oxygen atoms in total. The average molecular weight is 441 g/mol. The zero-order valence-corrected chi connectivity index (χ0v) is 19.0. The van der Waals surface area contributed by atoms with Crippen LogP contribution in [0.2, 0.25) is 0 Å². The number of methoxy groups -OCH3 is 2. The highest BCUT2D eigenvalue weighted by Crippen LogP contribution is 2.27. The standard InChI is InChI=1S/C21H32N2O6S/c1-5-12-21(2,20(25)29-4)22-19(24)17-15-16(10-11-18(17)28-3)30(26,27)23-13-8-6-7-9-14-23/h10-11,15H,5-9,12-14H2,1-4H3,(H,22,24). The van der Waals surface area contributed by atoms with Crippen molar-refractivity contribution in [2.75, 3.05) is 27.3 Å². The van der Waals surface area contributed by atoms with Crippen molar-refractivity contribution in [3.05, 3.63) is 23.8 Å². The van der Waals surface area contributed by atoms with Gasteiger partial charge in [0.05, 0.1) is 24.7 Å². The van der Waals surface area contributed by atoms with Gasteiger partial charge in [-0.25, -0.2) is 13.2 Å². The predicted molar refractivity (Wildman–Crippen MR) is 113 cm³/mol. The van der Waals surface area contributed by atoms with E-state index in [1.165, 1.54) is 36.7 Å². The molecule has 1 amide bonds. The van der Waals surface area contributed by atoms with Crippen molar-refractivity contribution in [1.82, 2.24) is 9.62 Å². The van der Waals surface area contributed by atoms with E-state index in [4.69, 9.17) is 9.47 Å². The minimum Gasteiger partial charge on any atom is -0.496 e. The third kappa shape index (κ3) is 5.31. The van der Waals surface area contributed by atoms with Gasteiger partial charge >= 0.3 is 5.97 Å². The quantitative estimate of drug-likeness (QED) is 0.624. The molecule has 1 aromatic rings. The average Bonchev–Trinajstić information content (AvgIpc) is 3.02. The van der Waals surface area contributed by atoms with E-state index in [2.05, 4.69) is 5.32 Å². The van der Waals surface area contributed by atoms with Gasteiger partial charge in [0.1, 0.15) is 11.3 Å². The summed E-state index contributed by atoms with van der Waals surface area (Å²) in [4.78, 5) is 25.3. The SMILES string of the molecule is CCCC(C)(NC(=O)c1cc(S(=O)(=O)N2CCCCCC2)ccc1OC)C(=O)OC. The molecule has 0 radical (unpaired) electrons. The maximum atomic E-state index is 13.1. The van der Waals surface area contributed by atoms with Crippen molar-refractivity contribution in [2.45, 2.75) is 62.8 Å². The van der Waals surface area contributed by atoms with Crippen molar-refractivity contribution in [2.24, 2.45) is 0 Å². The van der Waals surface area contributed by atoms with E-state index >= 15 is 0 Å². The van der Waals surface area contributed by atoms with E-state index in [9.17, 15) is 18.0 Å². The molecule has 0 aromatic heterocycles. The van der Waals surface area contributed by atoms with Crippen molar-refractivity contribution >= 4 is 21.9 Å². The zero-order valence-electron chi connectivity index (χ0n) is 18.2. The smallest absolute Gasteiger partial charge is 0.331 e. The van der Waals surface area contributed by atoms with E-state index in [-0.39, 0.29) is 16.2 Å². The summed E-state index contributed by atoms with van der Waals surface area (Å²) in [5, 5.41) is 2.70. The van der Waals surface area contributed by atoms with Gasteiger partial charge in [0.2, 0.25) is 10.0 Å². The third-order valence-electron chi connectivity index (χ3n) is 5.39. The number of ether oxygens (including phenoxy) is 2. The number of rotatable bonds is 8. The lowest BCUT2D eigenvalue weighted by Gasteiger charge is -2.28. The summed E-state index contributed by atoms with van der Waals surface area (Å²) < 4.78 is 37.9. The third-order valence-corrected chi connectivity index (χ3v) is 7.29. The van der Waals surface area contributed by atoms with Gasteiger partial charge in [0.15, 0.2) is 0 Å². The van der Waals surface area contributed by atoms with Crippen LogP contribution in [0.15, 0.2) is 23.1 Å². The van der Waals surface area contributed by atoms with Crippen LogP contribution in [-0.4, -0.2) is 57.4 Å². The molecular formula is C21H32N2O6S. The molecule has 1 aliphatic rings. The number of carbonyl (C=O) groups is 2. The molecule has 0 spiro atoms. The fraction of sp³-hybridized carbons (Fsp3) is 0.619. The summed E-state index contributed by atoms with van der Waals surface area (Å²) in [5.41, 5.74) is -1.18. The number of esters is 1. The van der Waals surface area contributed by atoms with Crippen LogP contribution in [-0.2, 0) is 19.6 Å². The van der Waals surface area contributed by atoms with Gasteiger partial charge in [-0.15, -0.1) is 0 Å². The van der Waals surface area contributed by atoms with Gasteiger partial charge in [-0.3, -0.25) is 4.79 Å². The Hall–Kier alpha value is -2.13. The summed E-state index contributed by atoms with van der Waals surface area (Å²) in [6.45, 7) is 4.41. The maximum absolute atomic E-state index is 13.1. The van der Waals surface area contributed by atoms with Gasteiger partial charge in [0, 0.05) is 13.1 Å². The second-order valence-electron chi connectivity index (χ2n) is 7.71. The van der Waals surface area contributed by atoms with Gasteiger partial charge in [0.25, 0.3) is 5.91 Å². The first kappa shape index (κ1) is 24.1. The van der Waals surface area contributed by atoms with Crippen LogP contribution >= 0.6 is 0 Å². The van der Waals surface area contributed by atoms with E-state index in [0.717, 1.165) is 25.7 Å². The Morgan fingerprint density at radius 2 is 1.77 bits per heavy atom. The first-order valence-corrected chi connectivity index (χ1v) is 11.7. The van der Waals surface area contributed by atoms with Crippen molar-refractivity contribution in [3.8, 4) is 5.75 Å². The molecule has 0 saturated carbocycles. The number of nitrogens with zero attached hydrogens (tertiary/aromatic N) is 1. The molecule has 1 N–H and O–H groups in total. The fourth-order valence-corrected chi connectivity index (χ4v) is 5.26. The van der Waals surface area contributed by atoms with Crippen LogP contribution in [0, 0.1) is 0 Å². The molecule has 1 aliphatic heterocycles. The van der Waals surface area contributed by atoms with Crippen LogP contribution in [0.1, 0.15) is 62.7 Å². The molecule has 2 rings (SSSR count). The first-order valence-electron chi connectivity index (χ1n) is 10.3. The van der Waals surface area contributed by atoms with Crippen LogP contribution in [0.25, 0.3) is 0 Å². The lowest BCUT2D eigenvalue weighted by Crippen LogP contribution is -2.52. The number of benzene rings is 1. The summed E-state index contributed by atoms with van der Waals surface area (Å²) in [6.07, 6.45) is 4.66. The highest BCUT2D eigenvalue weighted by Gasteiger charge is 2.36. The van der Waals surface area contributed by atoms with Crippen LogP contribution in [0.5, 0.6) is 5.75 Å². The molecule has 9 heteroatoms. The first-order chi connectivity index (χ1) is 14.2. The molecular weight excluding hydrogens is 408 g/mol. The van der Waals surface area contributed by atoms with E-state index in [1.807, 2.05) is 6.92 Å². The number of hydrogen-bond acceptors (Lipinski definition) is 6. The lowest BCUT2D eigenvalue weighted by atomic mass is 9.95. The number of amides is 1. The molecule has 0 bridgehead atoms. The molecule has 1 fully saturated rings. The Bertz CT molecular complexity index is 862. The summed E-state index contributed by atoms with van der Waals surface area (Å²) in [5.74, 6) is -0.933. The fourth-order valence-electron chi connectivity index (χ4n) is 3.71. The van der Waals surface area contributed by atoms with E-state index in [0.29, 0.717) is 25.9 Å². The van der Waals surface area contributed by atoms with Crippen molar-refractivity contribution in [1.29, 1.82) is 0 Å². The Balaban J connectivity index is 2.40. The summed E-state index contributed by atoms with van der Waals surface area (Å²) in [7, 11) is -1.07. The monoisotopic (exact) mass is 440 g/mol. The molecule has 1 heterocycles. The Morgan fingerprint density at radius 1 is 1.13 bits per heavy atom. The normalized spacial score (nSPS) is 17.5. The van der Waals surface area contributed by atoms with E-state index < -0.39 is 27.4 Å². The molecule has 0 aliphatic carbocycles. The number of sulfonamides is 1. The van der Waals surface area contributed by atoms with Crippen molar-refractivity contribution in [3.63, 3.8) is 0 Å². The topological polar surface area (TPSA) is 102 Å². The highest BCUT2D eigenvalue weighted by atomic mass is 32.2. The molecule has 1 saturated heterocycles. The molecule has 30 heavy (non-hydrogen) atoms. The maximum Gasteiger partial charge on any atom is 0.331 e. The second kappa shape index (κ2) is 10.3. The second-order valence-corrected chi connectivity index (χ2v) is 9.65. The molecule has 168 valence electrons. The molecule has 1 aromatic carbocycles. The predicted octanol–water partition coefficient (Wildman–Crippen LogP) is 2.72. The zero-order chi connectivity index (χ0) is 22.4. The lowest BCUT2D eigenvalue weighted by molar-refractivity contribution is -0.147. The van der Waals surface area contributed by atoms with Crippen LogP contribution < -0.4 is 10.1 Å². The van der Waals surface area contributed by atoms with Gasteiger partial charge < -0.3 is 14.8 Å². The Morgan fingerprint density at radius 3 is 2.30 bits per heavy atom. The Kier molecular flexibility index (Phi) is 8.25. The van der Waals surface area contributed by atoms with Crippen LogP contribution in [0.4, 0.5) is 0 Å². The number of hydrogen-bond donors (Lipinski definition) is 1. The minimum absolute atomic E-state index is 0.0330. The van der Waals surface area contributed by atoms with Gasteiger partial charge in [-0.2, -0.15) is 4.31 Å². The molecule has 1 atom stereocenters. The summed E-state index contributed by atoms with van der Waals surface area (Å²) in [6, 6.07) is 4.23. The highest BCUT2D eigenvalue weighted by molar-refractivity contribution is 7.89. The minimum atomic E-state index is -3.74. The number of carbonyl (C=O) groups excluding carboxylic acids is 2. The number of nitrogens with one attached hydrogen (secondary N) is 1. The van der Waals surface area contributed by atoms with E-state index in [1.54, 1.807) is 6.92 Å².